The first kappa shape index (κ1) is 20.1. The van der Waals surface area contributed by atoms with Crippen LogP contribution >= 0.6 is 11.8 Å². The maximum atomic E-state index is 13.0. The number of carbonyl (C=O) groups is 1. The average molecular weight is 396 g/mol. The van der Waals surface area contributed by atoms with Crippen molar-refractivity contribution in [1.29, 1.82) is 0 Å². The van der Waals surface area contributed by atoms with E-state index in [0.29, 0.717) is 35.1 Å². The van der Waals surface area contributed by atoms with Crippen molar-refractivity contribution in [1.82, 2.24) is 9.55 Å². The molecule has 146 valence electrons. The maximum Gasteiger partial charge on any atom is 0.262 e. The number of thioether (sulfide) groups is 1. The van der Waals surface area contributed by atoms with E-state index in [1.807, 2.05) is 55.5 Å². The predicted octanol–water partition coefficient (Wildman–Crippen LogP) is 4.20. The molecule has 1 heterocycles. The van der Waals surface area contributed by atoms with Crippen LogP contribution in [0.4, 0.5) is 5.69 Å². The van der Waals surface area contributed by atoms with Crippen LogP contribution in [0.25, 0.3) is 10.9 Å². The van der Waals surface area contributed by atoms with E-state index in [1.165, 1.54) is 11.8 Å². The molecule has 0 fully saturated rings. The summed E-state index contributed by atoms with van der Waals surface area (Å²) >= 11 is 1.33. The zero-order chi connectivity index (χ0) is 20.1. The third-order valence-electron chi connectivity index (χ3n) is 4.38. The molecule has 1 aromatic heterocycles. The van der Waals surface area contributed by atoms with E-state index in [1.54, 1.807) is 15.5 Å². The number of carbonyl (C=O) groups excluding carboxylic acids is 1. The van der Waals surface area contributed by atoms with Gasteiger partial charge in [0.05, 0.1) is 16.7 Å². The van der Waals surface area contributed by atoms with Crippen molar-refractivity contribution in [2.75, 3.05) is 17.2 Å². The number of aromatic nitrogens is 2. The summed E-state index contributed by atoms with van der Waals surface area (Å²) in [6, 6.07) is 17.0. The van der Waals surface area contributed by atoms with E-state index in [-0.39, 0.29) is 17.2 Å². The van der Waals surface area contributed by atoms with E-state index < -0.39 is 0 Å². The van der Waals surface area contributed by atoms with Crippen LogP contribution in [0.3, 0.4) is 0 Å². The highest BCUT2D eigenvalue weighted by Crippen LogP contribution is 2.21. The van der Waals surface area contributed by atoms with Gasteiger partial charge in [0.15, 0.2) is 5.16 Å². The lowest BCUT2D eigenvalue weighted by Gasteiger charge is -2.21. The van der Waals surface area contributed by atoms with E-state index in [2.05, 4.69) is 18.8 Å². The fourth-order valence-electron chi connectivity index (χ4n) is 3.10. The average Bonchev–Trinajstić information content (AvgIpc) is 2.70. The van der Waals surface area contributed by atoms with Crippen molar-refractivity contribution >= 4 is 34.3 Å². The second-order valence-corrected chi connectivity index (χ2v) is 7.93. The zero-order valence-corrected chi connectivity index (χ0v) is 17.3. The highest BCUT2D eigenvalue weighted by Gasteiger charge is 2.17. The zero-order valence-electron chi connectivity index (χ0n) is 16.5. The van der Waals surface area contributed by atoms with Crippen LogP contribution in [0.15, 0.2) is 64.5 Å². The standard InChI is InChI=1S/C22H25N3O2S/c1-4-24(17-10-6-5-7-11-17)20(26)15-28-22-23-19-13-9-8-12-18(19)21(27)25(22)14-16(2)3/h5-13,16H,4,14-15H2,1-3H3. The van der Waals surface area contributed by atoms with Gasteiger partial charge in [-0.15, -0.1) is 0 Å². The van der Waals surface area contributed by atoms with Crippen molar-refractivity contribution in [3.63, 3.8) is 0 Å². The maximum absolute atomic E-state index is 13.0. The smallest absolute Gasteiger partial charge is 0.262 e. The van der Waals surface area contributed by atoms with Gasteiger partial charge in [-0.1, -0.05) is 55.9 Å². The number of fused-ring (bicyclic) bond motifs is 1. The van der Waals surface area contributed by atoms with Crippen LogP contribution in [0.2, 0.25) is 0 Å². The second kappa shape index (κ2) is 9.06. The fourth-order valence-corrected chi connectivity index (χ4v) is 3.98. The van der Waals surface area contributed by atoms with E-state index in [0.717, 1.165) is 5.69 Å². The third kappa shape index (κ3) is 4.44. The number of rotatable bonds is 7. The number of para-hydroxylation sites is 2. The Bertz CT molecular complexity index is 1020. The van der Waals surface area contributed by atoms with Crippen LogP contribution in [0.1, 0.15) is 20.8 Å². The minimum Gasteiger partial charge on any atom is -0.312 e. The highest BCUT2D eigenvalue weighted by atomic mass is 32.2. The molecule has 0 saturated heterocycles. The number of benzene rings is 2. The summed E-state index contributed by atoms with van der Waals surface area (Å²) in [4.78, 5) is 32.2. The molecule has 0 atom stereocenters. The van der Waals surface area contributed by atoms with Gasteiger partial charge in [-0.3, -0.25) is 14.2 Å². The van der Waals surface area contributed by atoms with Crippen molar-refractivity contribution in [2.24, 2.45) is 5.92 Å². The van der Waals surface area contributed by atoms with Gasteiger partial charge in [0.25, 0.3) is 5.56 Å². The molecule has 2 aromatic carbocycles. The second-order valence-electron chi connectivity index (χ2n) is 6.98. The Labute approximate surface area is 169 Å². The van der Waals surface area contributed by atoms with E-state index in [4.69, 9.17) is 0 Å². The topological polar surface area (TPSA) is 55.2 Å². The summed E-state index contributed by atoms with van der Waals surface area (Å²) in [5.74, 6) is 0.524. The molecular formula is C22H25N3O2S. The summed E-state index contributed by atoms with van der Waals surface area (Å²) in [5.41, 5.74) is 1.49. The largest absolute Gasteiger partial charge is 0.312 e. The SMILES string of the molecule is CCN(C(=O)CSc1nc2ccccc2c(=O)n1CC(C)C)c1ccccc1. The molecular weight excluding hydrogens is 370 g/mol. The Balaban J connectivity index is 1.88. The molecule has 0 aliphatic carbocycles. The summed E-state index contributed by atoms with van der Waals surface area (Å²) in [6.45, 7) is 7.25. The van der Waals surface area contributed by atoms with Crippen LogP contribution in [-0.4, -0.2) is 27.8 Å². The minimum atomic E-state index is -0.0512. The number of hydrogen-bond acceptors (Lipinski definition) is 4. The lowest BCUT2D eigenvalue weighted by atomic mass is 10.2. The Hall–Kier alpha value is -2.60. The molecule has 0 spiro atoms. The quantitative estimate of drug-likeness (QED) is 0.444. The Morgan fingerprint density at radius 3 is 2.46 bits per heavy atom. The van der Waals surface area contributed by atoms with Crippen molar-refractivity contribution in [2.45, 2.75) is 32.5 Å². The van der Waals surface area contributed by atoms with Crippen molar-refractivity contribution in [3.8, 4) is 0 Å². The molecule has 1 amide bonds. The molecule has 5 nitrogen and oxygen atoms in total. The van der Waals surface area contributed by atoms with Gasteiger partial charge >= 0.3 is 0 Å². The van der Waals surface area contributed by atoms with E-state index in [9.17, 15) is 9.59 Å². The number of amides is 1. The summed E-state index contributed by atoms with van der Waals surface area (Å²) in [5, 5.41) is 1.20. The van der Waals surface area contributed by atoms with Gasteiger partial charge in [-0.2, -0.15) is 0 Å². The van der Waals surface area contributed by atoms with Crippen LogP contribution < -0.4 is 10.5 Å². The first-order chi connectivity index (χ1) is 13.5. The predicted molar refractivity (Wildman–Crippen MR) is 116 cm³/mol. The third-order valence-corrected chi connectivity index (χ3v) is 5.35. The molecule has 0 unspecified atom stereocenters. The number of anilines is 1. The lowest BCUT2D eigenvalue weighted by molar-refractivity contribution is -0.116. The Morgan fingerprint density at radius 1 is 1.11 bits per heavy atom. The molecule has 0 bridgehead atoms. The summed E-state index contributed by atoms with van der Waals surface area (Å²) in [6.07, 6.45) is 0. The number of hydrogen-bond donors (Lipinski definition) is 0. The minimum absolute atomic E-state index is 0.00259. The van der Waals surface area contributed by atoms with Crippen molar-refractivity contribution < 1.29 is 4.79 Å². The Kier molecular flexibility index (Phi) is 6.52. The Morgan fingerprint density at radius 2 is 1.79 bits per heavy atom. The fraction of sp³-hybridized carbons (Fsp3) is 0.318. The van der Waals surface area contributed by atoms with Gasteiger partial charge in [0, 0.05) is 18.8 Å². The first-order valence-electron chi connectivity index (χ1n) is 9.49. The molecule has 3 aromatic rings. The molecule has 6 heteroatoms. The molecule has 0 N–H and O–H groups in total. The van der Waals surface area contributed by atoms with Gasteiger partial charge in [-0.25, -0.2) is 4.98 Å². The van der Waals surface area contributed by atoms with Crippen molar-refractivity contribution in [3.05, 3.63) is 65.0 Å². The van der Waals surface area contributed by atoms with E-state index >= 15 is 0 Å². The van der Waals surface area contributed by atoms with Crippen LogP contribution in [0, 0.1) is 5.92 Å². The lowest BCUT2D eigenvalue weighted by Crippen LogP contribution is -2.32. The van der Waals surface area contributed by atoms with Gasteiger partial charge in [-0.05, 0) is 37.1 Å². The molecule has 0 radical (unpaired) electrons. The van der Waals surface area contributed by atoms with Gasteiger partial charge in [0.1, 0.15) is 0 Å². The molecule has 28 heavy (non-hydrogen) atoms. The van der Waals surface area contributed by atoms with Crippen LogP contribution in [0.5, 0.6) is 0 Å². The first-order valence-corrected chi connectivity index (χ1v) is 10.5. The van der Waals surface area contributed by atoms with Gasteiger partial charge in [0.2, 0.25) is 5.91 Å². The highest BCUT2D eigenvalue weighted by molar-refractivity contribution is 7.99. The molecule has 0 aliphatic heterocycles. The monoisotopic (exact) mass is 395 g/mol. The summed E-state index contributed by atoms with van der Waals surface area (Å²) in [7, 11) is 0. The molecule has 3 rings (SSSR count). The normalized spacial score (nSPS) is 11.1. The molecule has 0 saturated carbocycles. The van der Waals surface area contributed by atoms with Crippen LogP contribution in [-0.2, 0) is 11.3 Å². The molecule has 0 aliphatic rings. The summed E-state index contributed by atoms with van der Waals surface area (Å²) < 4.78 is 1.70. The van der Waals surface area contributed by atoms with Gasteiger partial charge < -0.3 is 4.90 Å². The number of nitrogens with zero attached hydrogens (tertiary/aromatic N) is 3.